The van der Waals surface area contributed by atoms with Crippen molar-refractivity contribution in [3.8, 4) is 0 Å². The number of fused-ring (bicyclic) bond motifs is 1. The molecule has 0 saturated heterocycles. The van der Waals surface area contributed by atoms with E-state index in [0.29, 0.717) is 18.1 Å². The van der Waals surface area contributed by atoms with E-state index in [4.69, 9.17) is 11.6 Å². The van der Waals surface area contributed by atoms with Crippen LogP contribution in [0.25, 0.3) is 5.65 Å². The number of nitrogens with zero attached hydrogens (tertiary/aromatic N) is 4. The van der Waals surface area contributed by atoms with Crippen LogP contribution in [0.3, 0.4) is 0 Å². The van der Waals surface area contributed by atoms with Crippen LogP contribution >= 0.6 is 22.9 Å². The number of nitrogens with one attached hydrogen (secondary N) is 2. The average Bonchev–Trinajstić information content (AvgIpc) is 3.15. The van der Waals surface area contributed by atoms with E-state index in [1.165, 1.54) is 0 Å². The molecule has 2 N–H and O–H groups in total. The molecule has 6 nitrogen and oxygen atoms in total. The summed E-state index contributed by atoms with van der Waals surface area (Å²) in [5.74, 6) is 0.750. The van der Waals surface area contributed by atoms with Gasteiger partial charge in [-0.3, -0.25) is 0 Å². The Labute approximate surface area is 149 Å². The third-order valence-corrected chi connectivity index (χ3v) is 4.47. The van der Waals surface area contributed by atoms with E-state index in [-0.39, 0.29) is 0 Å². The molecule has 0 aromatic carbocycles. The van der Waals surface area contributed by atoms with Gasteiger partial charge in [0.15, 0.2) is 5.96 Å². The Morgan fingerprint density at radius 3 is 2.92 bits per heavy atom. The molecule has 0 amide bonds. The summed E-state index contributed by atoms with van der Waals surface area (Å²) in [4.78, 5) is 13.6. The van der Waals surface area contributed by atoms with E-state index in [2.05, 4.69) is 25.6 Å². The number of halogens is 1. The fourth-order valence-corrected chi connectivity index (χ4v) is 3.12. The molecular weight excluding hydrogens is 344 g/mol. The van der Waals surface area contributed by atoms with Crippen molar-refractivity contribution in [3.63, 3.8) is 0 Å². The van der Waals surface area contributed by atoms with Crippen LogP contribution < -0.4 is 10.6 Å². The molecule has 0 spiro atoms. The lowest BCUT2D eigenvalue weighted by molar-refractivity contribution is 0.807. The molecule has 3 heterocycles. The summed E-state index contributed by atoms with van der Waals surface area (Å²) in [6, 6.07) is 3.72. The van der Waals surface area contributed by atoms with Crippen LogP contribution in [0, 0.1) is 6.92 Å². The molecule has 3 aromatic rings. The lowest BCUT2D eigenvalue weighted by atomic mass is 10.5. The van der Waals surface area contributed by atoms with Gasteiger partial charge in [-0.15, -0.1) is 11.3 Å². The van der Waals surface area contributed by atoms with Crippen LogP contribution in [-0.2, 0) is 13.1 Å². The van der Waals surface area contributed by atoms with Crippen LogP contribution in [0.15, 0.2) is 34.9 Å². The molecule has 0 aliphatic rings. The Bertz CT molecular complexity index is 853. The van der Waals surface area contributed by atoms with E-state index >= 15 is 0 Å². The maximum absolute atomic E-state index is 6.00. The SMILES string of the molecule is CCNC(=NCc1cn2cc(Cl)ccc2n1)NCc1nc(C)cs1. The van der Waals surface area contributed by atoms with Gasteiger partial charge in [-0.25, -0.2) is 15.0 Å². The number of aromatic nitrogens is 3. The number of hydrogen-bond acceptors (Lipinski definition) is 4. The molecule has 0 aliphatic carbocycles. The lowest BCUT2D eigenvalue weighted by Crippen LogP contribution is -2.36. The fraction of sp³-hybridized carbons (Fsp3) is 0.312. The minimum Gasteiger partial charge on any atom is -0.357 e. The van der Waals surface area contributed by atoms with E-state index in [1.807, 2.05) is 48.2 Å². The standard InChI is InChI=1S/C16H19ClN6S/c1-3-18-16(20-7-15-21-11(2)10-24-15)19-6-13-9-23-8-12(17)4-5-14(23)22-13/h4-5,8-10H,3,6-7H2,1-2H3,(H2,18,19,20). The molecule has 0 aliphatic heterocycles. The molecule has 126 valence electrons. The average molecular weight is 363 g/mol. The zero-order valence-corrected chi connectivity index (χ0v) is 15.2. The highest BCUT2D eigenvalue weighted by Crippen LogP contribution is 2.12. The van der Waals surface area contributed by atoms with Crippen molar-refractivity contribution >= 4 is 34.5 Å². The molecule has 0 fully saturated rings. The zero-order valence-electron chi connectivity index (χ0n) is 13.6. The second-order valence-corrected chi connectivity index (χ2v) is 6.66. The summed E-state index contributed by atoms with van der Waals surface area (Å²) >= 11 is 7.64. The van der Waals surface area contributed by atoms with Gasteiger partial charge in [0, 0.05) is 30.0 Å². The van der Waals surface area contributed by atoms with Crippen LogP contribution in [-0.4, -0.2) is 26.9 Å². The number of imidazole rings is 1. The van der Waals surface area contributed by atoms with Crippen LogP contribution in [0.1, 0.15) is 23.3 Å². The monoisotopic (exact) mass is 362 g/mol. The second kappa shape index (κ2) is 7.63. The first-order valence-electron chi connectivity index (χ1n) is 7.70. The topological polar surface area (TPSA) is 66.6 Å². The minimum atomic E-state index is 0.492. The number of aliphatic imine (C=N–C) groups is 1. The second-order valence-electron chi connectivity index (χ2n) is 5.28. The lowest BCUT2D eigenvalue weighted by Gasteiger charge is -2.09. The zero-order chi connectivity index (χ0) is 16.9. The van der Waals surface area contributed by atoms with E-state index < -0.39 is 0 Å². The van der Waals surface area contributed by atoms with Gasteiger partial charge in [0.05, 0.1) is 23.8 Å². The number of thiazole rings is 1. The molecule has 0 unspecified atom stereocenters. The first kappa shape index (κ1) is 16.7. The maximum atomic E-state index is 6.00. The molecule has 8 heteroatoms. The number of aryl methyl sites for hydroxylation is 1. The summed E-state index contributed by atoms with van der Waals surface area (Å²) < 4.78 is 1.91. The highest BCUT2D eigenvalue weighted by molar-refractivity contribution is 7.09. The minimum absolute atomic E-state index is 0.492. The smallest absolute Gasteiger partial charge is 0.191 e. The fourth-order valence-electron chi connectivity index (χ4n) is 2.24. The molecule has 0 bridgehead atoms. The van der Waals surface area contributed by atoms with Crippen molar-refractivity contribution in [1.82, 2.24) is 25.0 Å². The first-order chi connectivity index (χ1) is 11.6. The quantitative estimate of drug-likeness (QED) is 0.541. The largest absolute Gasteiger partial charge is 0.357 e. The van der Waals surface area contributed by atoms with Crippen molar-refractivity contribution in [2.45, 2.75) is 26.9 Å². The maximum Gasteiger partial charge on any atom is 0.191 e. The Balaban J connectivity index is 1.67. The van der Waals surface area contributed by atoms with Crippen molar-refractivity contribution in [2.24, 2.45) is 4.99 Å². The van der Waals surface area contributed by atoms with Crippen molar-refractivity contribution in [3.05, 3.63) is 51.3 Å². The van der Waals surface area contributed by atoms with Gasteiger partial charge in [0.2, 0.25) is 0 Å². The summed E-state index contributed by atoms with van der Waals surface area (Å²) in [7, 11) is 0. The van der Waals surface area contributed by atoms with Crippen LogP contribution in [0.2, 0.25) is 5.02 Å². The van der Waals surface area contributed by atoms with Gasteiger partial charge < -0.3 is 15.0 Å². The molecule has 3 rings (SSSR count). The Kier molecular flexibility index (Phi) is 5.32. The van der Waals surface area contributed by atoms with Crippen molar-refractivity contribution < 1.29 is 0 Å². The summed E-state index contributed by atoms with van der Waals surface area (Å²) in [6.45, 7) is 5.98. The van der Waals surface area contributed by atoms with Gasteiger partial charge in [0.1, 0.15) is 10.7 Å². The molecule has 0 saturated carbocycles. The number of rotatable bonds is 5. The first-order valence-corrected chi connectivity index (χ1v) is 8.96. The number of hydrogen-bond donors (Lipinski definition) is 2. The Morgan fingerprint density at radius 1 is 1.29 bits per heavy atom. The van der Waals surface area contributed by atoms with Gasteiger partial charge >= 0.3 is 0 Å². The van der Waals surface area contributed by atoms with Crippen molar-refractivity contribution in [1.29, 1.82) is 0 Å². The third kappa shape index (κ3) is 4.24. The van der Waals surface area contributed by atoms with Gasteiger partial charge in [-0.1, -0.05) is 11.6 Å². The van der Waals surface area contributed by atoms with Crippen LogP contribution in [0.5, 0.6) is 0 Å². The molecule has 0 atom stereocenters. The predicted octanol–water partition coefficient (Wildman–Crippen LogP) is 3.01. The summed E-state index contributed by atoms with van der Waals surface area (Å²) in [6.07, 6.45) is 3.78. The summed E-state index contributed by atoms with van der Waals surface area (Å²) in [5.41, 5.74) is 2.79. The highest BCUT2D eigenvalue weighted by atomic mass is 35.5. The van der Waals surface area contributed by atoms with Crippen LogP contribution in [0.4, 0.5) is 0 Å². The van der Waals surface area contributed by atoms with Gasteiger partial charge in [-0.05, 0) is 26.0 Å². The third-order valence-electron chi connectivity index (χ3n) is 3.28. The summed E-state index contributed by atoms with van der Waals surface area (Å²) in [5, 5.41) is 10.3. The highest BCUT2D eigenvalue weighted by Gasteiger charge is 2.04. The van der Waals surface area contributed by atoms with E-state index in [9.17, 15) is 0 Å². The number of guanidine groups is 1. The Hall–Kier alpha value is -2.12. The molecular formula is C16H19ClN6S. The number of pyridine rings is 1. The van der Waals surface area contributed by atoms with Crippen molar-refractivity contribution in [2.75, 3.05) is 6.54 Å². The van der Waals surface area contributed by atoms with Gasteiger partial charge in [0.25, 0.3) is 0 Å². The predicted molar refractivity (Wildman–Crippen MR) is 98.7 cm³/mol. The van der Waals surface area contributed by atoms with E-state index in [1.54, 1.807) is 11.3 Å². The van der Waals surface area contributed by atoms with Gasteiger partial charge in [-0.2, -0.15) is 0 Å². The normalized spacial score (nSPS) is 11.9. The molecule has 3 aromatic heterocycles. The molecule has 0 radical (unpaired) electrons. The Morgan fingerprint density at radius 2 is 2.17 bits per heavy atom. The van der Waals surface area contributed by atoms with E-state index in [0.717, 1.165) is 34.5 Å². The molecule has 24 heavy (non-hydrogen) atoms.